The van der Waals surface area contributed by atoms with Gasteiger partial charge in [-0.2, -0.15) is 0 Å². The van der Waals surface area contributed by atoms with Crippen LogP contribution in [0.1, 0.15) is 127 Å². The molecule has 33 atom stereocenters. The van der Waals surface area contributed by atoms with Crippen molar-refractivity contribution < 1.29 is 133 Å². The summed E-state index contributed by atoms with van der Waals surface area (Å²) in [5.74, 6) is -1.65. The highest BCUT2D eigenvalue weighted by atomic mass is 16.8. The minimum Gasteiger partial charge on any atom is -0.463 e. The number of allylic oxidation sites excluding steroid dienone is 2. The molecule has 27 nitrogen and oxygen atoms in total. The van der Waals surface area contributed by atoms with Crippen molar-refractivity contribution in [3.05, 3.63) is 11.6 Å². The van der Waals surface area contributed by atoms with Crippen LogP contribution in [0.3, 0.4) is 0 Å². The van der Waals surface area contributed by atoms with E-state index in [-0.39, 0.29) is 47.2 Å². The van der Waals surface area contributed by atoms with E-state index in [9.17, 15) is 76.3 Å². The van der Waals surface area contributed by atoms with Crippen LogP contribution in [0.25, 0.3) is 0 Å². The number of rotatable bonds is 14. The summed E-state index contributed by atoms with van der Waals surface area (Å²) in [6.07, 6.45) is -30.1. The fourth-order valence-corrected chi connectivity index (χ4v) is 17.7. The highest BCUT2D eigenvalue weighted by Crippen LogP contribution is 2.76. The van der Waals surface area contributed by atoms with Crippen LogP contribution in [0.5, 0.6) is 0 Å². The van der Waals surface area contributed by atoms with Crippen molar-refractivity contribution in [2.75, 3.05) is 26.4 Å². The number of hydrogen-bond acceptors (Lipinski definition) is 27. The quantitative estimate of drug-likeness (QED) is 0.0509. The first-order chi connectivity index (χ1) is 41.2. The van der Waals surface area contributed by atoms with Crippen LogP contribution in [0.4, 0.5) is 0 Å². The number of aliphatic hydroxyl groups is 14. The lowest BCUT2D eigenvalue weighted by Crippen LogP contribution is -2.67. The van der Waals surface area contributed by atoms with Crippen LogP contribution in [0.2, 0.25) is 0 Å². The van der Waals surface area contributed by atoms with Gasteiger partial charge < -0.3 is 124 Å². The van der Waals surface area contributed by atoms with Crippen molar-refractivity contribution in [3.63, 3.8) is 0 Å². The number of carbonyl (C=O) groups excluding carboxylic acids is 2. The molecule has 5 saturated heterocycles. The molecule has 0 aromatic rings. The molecule has 88 heavy (non-hydrogen) atoms. The van der Waals surface area contributed by atoms with Gasteiger partial charge in [0, 0.05) is 12.3 Å². The molecule has 14 N–H and O–H groups in total. The van der Waals surface area contributed by atoms with Crippen LogP contribution in [-0.2, 0) is 61.7 Å². The molecular weight excluding hydrogens is 1160 g/mol. The van der Waals surface area contributed by atoms with Crippen molar-refractivity contribution in [1.82, 2.24) is 0 Å². The third kappa shape index (κ3) is 11.8. The molecule has 0 bridgehead atoms. The van der Waals surface area contributed by atoms with Gasteiger partial charge in [0.15, 0.2) is 25.2 Å². The van der Waals surface area contributed by atoms with E-state index in [0.717, 1.165) is 13.3 Å². The van der Waals surface area contributed by atoms with Crippen LogP contribution < -0.4 is 0 Å². The minimum absolute atomic E-state index is 0.0746. The second kappa shape index (κ2) is 25.5. The SMILES string of the molecule is CC(=O)OC[C@H]1O[C@@H](OC[C@H]2O[C@@H](OC(=O)[C@]34CCC(C)(C)C[C@H]3C3=CC[C@@H]5[C@@]6(C)CC[C@H](O[C@H]7OC[C@H](O)[C@H](O)[C@H]7O[C@@H]7O[C@@H](C)[C@H](O)[C@@H](O)[C@H]7O)[C@@](C)(CO)[C@@H]6CC[C@@]5(C)[C@]3(C)CC4)[C@H](O)[C@@H](O)[C@@H]2O)[C@H](O)[C@@H](O)[C@@H]1O[C@@H]1O[C@@H](C)[C@H](O)[C@@H](O)[C@H]1O. The van der Waals surface area contributed by atoms with Gasteiger partial charge in [-0.3, -0.25) is 9.59 Å². The van der Waals surface area contributed by atoms with E-state index in [1.807, 2.05) is 6.92 Å². The van der Waals surface area contributed by atoms with Crippen molar-refractivity contribution in [1.29, 1.82) is 0 Å². The molecular formula is C61H98O27. The van der Waals surface area contributed by atoms with Crippen LogP contribution in [-0.4, -0.2) is 263 Å². The Kier molecular flexibility index (Phi) is 19.9. The van der Waals surface area contributed by atoms with E-state index < -0.39 is 195 Å². The predicted octanol–water partition coefficient (Wildman–Crippen LogP) is -1.97. The smallest absolute Gasteiger partial charge is 0.315 e. The van der Waals surface area contributed by atoms with E-state index in [1.54, 1.807) is 0 Å². The molecule has 0 amide bonds. The monoisotopic (exact) mass is 1260 g/mol. The van der Waals surface area contributed by atoms with Crippen LogP contribution >= 0.6 is 0 Å². The molecule has 5 aliphatic carbocycles. The van der Waals surface area contributed by atoms with Gasteiger partial charge in [0.2, 0.25) is 6.29 Å². The summed E-state index contributed by atoms with van der Waals surface area (Å²) in [6, 6.07) is 0. The molecule has 10 rings (SSSR count). The van der Waals surface area contributed by atoms with Crippen LogP contribution in [0.15, 0.2) is 11.6 Å². The van der Waals surface area contributed by atoms with Crippen molar-refractivity contribution in [2.45, 2.75) is 280 Å². The van der Waals surface area contributed by atoms with Crippen molar-refractivity contribution in [2.24, 2.45) is 50.2 Å². The molecule has 10 aliphatic rings. The first-order valence-electron chi connectivity index (χ1n) is 31.5. The Balaban J connectivity index is 0.838. The van der Waals surface area contributed by atoms with Gasteiger partial charge in [-0.15, -0.1) is 0 Å². The summed E-state index contributed by atoms with van der Waals surface area (Å²) in [4.78, 5) is 27.2. The highest BCUT2D eigenvalue weighted by molar-refractivity contribution is 5.79. The zero-order valence-corrected chi connectivity index (χ0v) is 51.7. The fraction of sp³-hybridized carbons (Fsp3) is 0.934. The molecule has 5 aliphatic heterocycles. The van der Waals surface area contributed by atoms with E-state index in [1.165, 1.54) is 19.4 Å². The average Bonchev–Trinajstić information content (AvgIpc) is 0.688. The van der Waals surface area contributed by atoms with Gasteiger partial charge in [0.1, 0.15) is 110 Å². The fourth-order valence-electron chi connectivity index (χ4n) is 17.7. The molecule has 0 spiro atoms. The number of esters is 2. The summed E-state index contributed by atoms with van der Waals surface area (Å²) in [6.45, 7) is 15.6. The molecule has 504 valence electrons. The number of ether oxygens (including phenoxy) is 11. The average molecular weight is 1260 g/mol. The zero-order chi connectivity index (χ0) is 64.3. The van der Waals surface area contributed by atoms with Crippen LogP contribution in [0, 0.1) is 50.2 Å². The van der Waals surface area contributed by atoms with Gasteiger partial charge >= 0.3 is 11.9 Å². The maximum Gasteiger partial charge on any atom is 0.315 e. The van der Waals surface area contributed by atoms with E-state index in [2.05, 4.69) is 40.7 Å². The summed E-state index contributed by atoms with van der Waals surface area (Å²) >= 11 is 0. The Morgan fingerprint density at radius 3 is 1.77 bits per heavy atom. The number of carbonyl (C=O) groups is 2. The van der Waals surface area contributed by atoms with Crippen molar-refractivity contribution in [3.8, 4) is 0 Å². The van der Waals surface area contributed by atoms with Gasteiger partial charge in [-0.25, -0.2) is 0 Å². The maximum atomic E-state index is 15.3. The standard InChI is InChI=1S/C61H98O27/c1-25-36(65)40(69)44(73)51(81-25)86-48-32(23-78-27(3)63)84-50(47(76)43(48)72)80-22-31-39(68)42(71)46(75)53(83-31)88-55(77)61-18-16-56(4,5)20-29(61)28-10-11-34-57(6)14-13-35(58(7,24-62)33(57)12-15-60(34,9)59(28,8)17-19-61)85-54-49(38(67)30(64)21-79-54)87-52-45(74)41(70)37(66)26(2)82-52/h10,25-26,29-54,62,64-76H,11-24H2,1-9H3/t25-,26-,29-,30-,31+,32+,33+,34+,35-,36-,37-,38-,39+,40+,41+,42-,43+,44+,45+,46+,47+,48+,49+,50+,51-,52-,53-,54+,57-,58-,59+,60+,61-/m0/s1. The summed E-state index contributed by atoms with van der Waals surface area (Å²) in [5, 5.41) is 153. The third-order valence-electron chi connectivity index (χ3n) is 23.5. The number of fused-ring (bicyclic) bond motifs is 7. The molecule has 0 aromatic heterocycles. The second-order valence-corrected chi connectivity index (χ2v) is 29.1. The molecule has 0 unspecified atom stereocenters. The summed E-state index contributed by atoms with van der Waals surface area (Å²) in [5.41, 5.74) is -2.01. The third-order valence-corrected chi connectivity index (χ3v) is 23.5. The Bertz CT molecular complexity index is 2490. The molecule has 0 aromatic carbocycles. The summed E-state index contributed by atoms with van der Waals surface area (Å²) < 4.78 is 65.1. The predicted molar refractivity (Wildman–Crippen MR) is 298 cm³/mol. The molecule has 4 saturated carbocycles. The number of aliphatic hydroxyl groups excluding tert-OH is 14. The van der Waals surface area contributed by atoms with Gasteiger partial charge in [-0.1, -0.05) is 53.2 Å². The maximum absolute atomic E-state index is 15.3. The van der Waals surface area contributed by atoms with E-state index in [0.29, 0.717) is 57.8 Å². The van der Waals surface area contributed by atoms with E-state index >= 15 is 4.79 Å². The van der Waals surface area contributed by atoms with Gasteiger partial charge in [0.25, 0.3) is 0 Å². The first kappa shape index (κ1) is 68.6. The molecule has 27 heteroatoms. The largest absolute Gasteiger partial charge is 0.463 e. The lowest BCUT2D eigenvalue weighted by Gasteiger charge is -2.71. The zero-order valence-electron chi connectivity index (χ0n) is 51.7. The molecule has 9 fully saturated rings. The van der Waals surface area contributed by atoms with Gasteiger partial charge in [-0.05, 0) is 117 Å². The van der Waals surface area contributed by atoms with Gasteiger partial charge in [0.05, 0.1) is 43.5 Å². The second-order valence-electron chi connectivity index (χ2n) is 29.1. The first-order valence-corrected chi connectivity index (χ1v) is 31.5. The highest BCUT2D eigenvalue weighted by Gasteiger charge is 2.71. The Labute approximate surface area is 512 Å². The lowest BCUT2D eigenvalue weighted by atomic mass is 9.33. The van der Waals surface area contributed by atoms with Crippen molar-refractivity contribution >= 4 is 11.9 Å². The normalized spacial score (nSPS) is 53.7. The topological polar surface area (TPSA) is 419 Å². The molecule has 5 heterocycles. The Morgan fingerprint density at radius 1 is 0.568 bits per heavy atom. The van der Waals surface area contributed by atoms with E-state index in [4.69, 9.17) is 52.1 Å². The number of hydrogen-bond donors (Lipinski definition) is 14. The minimum atomic E-state index is -1.92. The molecule has 0 radical (unpaired) electrons. The Hall–Kier alpha value is -2.24. The summed E-state index contributed by atoms with van der Waals surface area (Å²) in [7, 11) is 0. The lowest BCUT2D eigenvalue weighted by molar-refractivity contribution is -0.365. The Morgan fingerprint density at radius 2 is 1.15 bits per heavy atom.